The number of piperazine rings is 1. The number of aromatic amines is 2. The highest BCUT2D eigenvalue weighted by molar-refractivity contribution is 6.31. The van der Waals surface area contributed by atoms with Gasteiger partial charge in [-0.25, -0.2) is 4.98 Å². The van der Waals surface area contributed by atoms with Crippen LogP contribution in [0, 0.1) is 0 Å². The van der Waals surface area contributed by atoms with Crippen molar-refractivity contribution in [2.24, 2.45) is 0 Å². The van der Waals surface area contributed by atoms with E-state index in [0.717, 1.165) is 53.1 Å². The molecule has 1 aliphatic rings. The number of fused-ring (bicyclic) bond motifs is 2. The van der Waals surface area contributed by atoms with Crippen LogP contribution in [0.4, 0.5) is 5.69 Å². The van der Waals surface area contributed by atoms with Gasteiger partial charge in [-0.3, -0.25) is 5.10 Å². The number of likely N-dealkylation sites (N-methyl/N-ethyl adjacent to an activating group) is 1. The molecule has 0 spiro atoms. The van der Waals surface area contributed by atoms with E-state index in [1.165, 1.54) is 5.69 Å². The van der Waals surface area contributed by atoms with Crippen LogP contribution in [0.1, 0.15) is 6.92 Å². The molecule has 3 heterocycles. The predicted molar refractivity (Wildman–Crippen MR) is 110 cm³/mol. The first-order chi connectivity index (χ1) is 13.1. The Morgan fingerprint density at radius 1 is 1.11 bits per heavy atom. The highest BCUT2D eigenvalue weighted by Crippen LogP contribution is 2.30. The molecule has 0 amide bonds. The Hall–Kier alpha value is -2.57. The third kappa shape index (κ3) is 2.85. The first kappa shape index (κ1) is 16.6. The lowest BCUT2D eigenvalue weighted by Gasteiger charge is -2.39. The second-order valence-electron chi connectivity index (χ2n) is 7.32. The number of nitrogens with one attached hydrogen (secondary N) is 2. The Morgan fingerprint density at radius 2 is 2.00 bits per heavy atom. The van der Waals surface area contributed by atoms with Gasteiger partial charge >= 0.3 is 0 Å². The van der Waals surface area contributed by atoms with E-state index in [1.807, 2.05) is 18.2 Å². The van der Waals surface area contributed by atoms with Crippen LogP contribution in [0.5, 0.6) is 0 Å². The maximum absolute atomic E-state index is 6.16. The number of hydrogen-bond donors (Lipinski definition) is 2. The number of H-pyrrole nitrogens is 2. The van der Waals surface area contributed by atoms with E-state index in [1.54, 1.807) is 0 Å². The van der Waals surface area contributed by atoms with Crippen molar-refractivity contribution in [3.05, 3.63) is 41.4 Å². The first-order valence-corrected chi connectivity index (χ1v) is 9.55. The van der Waals surface area contributed by atoms with Gasteiger partial charge in [0.2, 0.25) is 0 Å². The fourth-order valence-electron chi connectivity index (χ4n) is 3.76. The van der Waals surface area contributed by atoms with Crippen molar-refractivity contribution in [1.29, 1.82) is 0 Å². The molecule has 0 saturated carbocycles. The fourth-order valence-corrected chi connectivity index (χ4v) is 3.93. The molecule has 6 nitrogen and oxygen atoms in total. The van der Waals surface area contributed by atoms with Crippen LogP contribution in [-0.2, 0) is 0 Å². The molecule has 138 valence electrons. The molecule has 0 unspecified atom stereocenters. The second kappa shape index (κ2) is 6.25. The molecular formula is C20H21ClN6. The van der Waals surface area contributed by atoms with Crippen LogP contribution in [-0.4, -0.2) is 57.8 Å². The lowest BCUT2D eigenvalue weighted by Crippen LogP contribution is -2.50. The van der Waals surface area contributed by atoms with Gasteiger partial charge in [-0.05, 0) is 50.4 Å². The molecule has 2 aromatic carbocycles. The average Bonchev–Trinajstić information content (AvgIpc) is 3.26. The van der Waals surface area contributed by atoms with Crippen LogP contribution in [0.3, 0.4) is 0 Å². The van der Waals surface area contributed by atoms with E-state index in [-0.39, 0.29) is 0 Å². The van der Waals surface area contributed by atoms with Crippen molar-refractivity contribution in [2.45, 2.75) is 13.0 Å². The van der Waals surface area contributed by atoms with Crippen LogP contribution < -0.4 is 4.90 Å². The molecule has 0 aliphatic carbocycles. The Bertz CT molecular complexity index is 1130. The van der Waals surface area contributed by atoms with Crippen molar-refractivity contribution in [1.82, 2.24) is 25.1 Å². The van der Waals surface area contributed by atoms with Crippen molar-refractivity contribution in [3.63, 3.8) is 0 Å². The normalized spacial score (nSPS) is 18.6. The third-order valence-corrected chi connectivity index (χ3v) is 5.77. The number of hydrogen-bond acceptors (Lipinski definition) is 4. The molecule has 1 atom stereocenters. The van der Waals surface area contributed by atoms with E-state index in [0.29, 0.717) is 11.1 Å². The second-order valence-corrected chi connectivity index (χ2v) is 7.76. The van der Waals surface area contributed by atoms with Crippen molar-refractivity contribution >= 4 is 39.2 Å². The highest BCUT2D eigenvalue weighted by Gasteiger charge is 2.21. The van der Waals surface area contributed by atoms with Gasteiger partial charge in [0.05, 0.1) is 16.6 Å². The first-order valence-electron chi connectivity index (χ1n) is 9.17. The lowest BCUT2D eigenvalue weighted by molar-refractivity contribution is 0.234. The minimum Gasteiger partial charge on any atom is -0.369 e. The number of anilines is 1. The summed E-state index contributed by atoms with van der Waals surface area (Å²) in [5.74, 6) is 0.752. The van der Waals surface area contributed by atoms with Gasteiger partial charge < -0.3 is 14.8 Å². The summed E-state index contributed by atoms with van der Waals surface area (Å²) < 4.78 is 0. The van der Waals surface area contributed by atoms with Crippen LogP contribution >= 0.6 is 11.6 Å². The Kier molecular flexibility index (Phi) is 3.84. The summed E-state index contributed by atoms with van der Waals surface area (Å²) in [5.41, 5.74) is 4.93. The van der Waals surface area contributed by atoms with Gasteiger partial charge in [-0.2, -0.15) is 5.10 Å². The topological polar surface area (TPSA) is 63.8 Å². The van der Waals surface area contributed by atoms with Gasteiger partial charge in [0.25, 0.3) is 0 Å². The van der Waals surface area contributed by atoms with Crippen molar-refractivity contribution in [2.75, 3.05) is 31.6 Å². The summed E-state index contributed by atoms with van der Waals surface area (Å²) in [4.78, 5) is 13.0. The van der Waals surface area contributed by atoms with Gasteiger partial charge in [0, 0.05) is 41.8 Å². The van der Waals surface area contributed by atoms with Gasteiger partial charge in [-0.1, -0.05) is 11.6 Å². The molecule has 2 N–H and O–H groups in total. The summed E-state index contributed by atoms with van der Waals surface area (Å²) in [5, 5.41) is 9.14. The zero-order chi connectivity index (χ0) is 18.5. The maximum Gasteiger partial charge on any atom is 0.159 e. The van der Waals surface area contributed by atoms with Crippen LogP contribution in [0.15, 0.2) is 36.4 Å². The molecule has 1 saturated heterocycles. The van der Waals surface area contributed by atoms with E-state index >= 15 is 0 Å². The summed E-state index contributed by atoms with van der Waals surface area (Å²) >= 11 is 6.16. The molecule has 5 rings (SSSR count). The molecule has 0 bridgehead atoms. The van der Waals surface area contributed by atoms with Gasteiger partial charge in [-0.15, -0.1) is 0 Å². The summed E-state index contributed by atoms with van der Waals surface area (Å²) in [6.45, 7) is 5.42. The van der Waals surface area contributed by atoms with Crippen LogP contribution in [0.2, 0.25) is 5.02 Å². The number of benzene rings is 2. The molecule has 2 aromatic heterocycles. The number of rotatable bonds is 2. The quantitative estimate of drug-likeness (QED) is 0.553. The van der Waals surface area contributed by atoms with E-state index in [9.17, 15) is 0 Å². The Morgan fingerprint density at radius 3 is 2.85 bits per heavy atom. The molecule has 1 aliphatic heterocycles. The largest absolute Gasteiger partial charge is 0.369 e. The van der Waals surface area contributed by atoms with Crippen molar-refractivity contribution < 1.29 is 0 Å². The van der Waals surface area contributed by atoms with Crippen molar-refractivity contribution in [3.8, 4) is 11.5 Å². The Labute approximate surface area is 162 Å². The fraction of sp³-hybridized carbons (Fsp3) is 0.300. The van der Waals surface area contributed by atoms with E-state index in [4.69, 9.17) is 16.6 Å². The number of aromatic nitrogens is 4. The summed E-state index contributed by atoms with van der Waals surface area (Å²) in [7, 11) is 2.19. The van der Waals surface area contributed by atoms with Gasteiger partial charge in [0.1, 0.15) is 5.69 Å². The molecule has 7 heteroatoms. The third-order valence-electron chi connectivity index (χ3n) is 5.54. The van der Waals surface area contributed by atoms with E-state index in [2.05, 4.69) is 57.2 Å². The zero-order valence-electron chi connectivity index (χ0n) is 15.3. The molecule has 4 aromatic rings. The standard InChI is InChI=1S/C20H21ClN6/c1-12-11-27(8-7-26(12)2)14-4-6-17-18(10-14)23-20(22-17)19-15-9-13(21)3-5-16(15)24-25-19/h3-6,9-10,12H,7-8,11H2,1-2H3,(H,22,23)(H,24,25)/t12-/m0/s1. The SMILES string of the molecule is C[C@H]1CN(c2ccc3nc(-c4n[nH]c5ccc(Cl)cc45)[nH]c3c2)CCN1C. The lowest BCUT2D eigenvalue weighted by atomic mass is 10.1. The van der Waals surface area contributed by atoms with Gasteiger partial charge in [0.15, 0.2) is 5.82 Å². The van der Waals surface area contributed by atoms with Crippen LogP contribution in [0.25, 0.3) is 33.5 Å². The summed E-state index contributed by atoms with van der Waals surface area (Å²) in [6.07, 6.45) is 0. The molecule has 1 fully saturated rings. The maximum atomic E-state index is 6.16. The zero-order valence-corrected chi connectivity index (χ0v) is 16.1. The predicted octanol–water partition coefficient (Wildman–Crippen LogP) is 3.90. The number of nitrogens with zero attached hydrogens (tertiary/aromatic N) is 4. The Balaban J connectivity index is 1.53. The number of imidazole rings is 1. The minimum atomic E-state index is 0.548. The smallest absolute Gasteiger partial charge is 0.159 e. The number of halogens is 1. The monoisotopic (exact) mass is 380 g/mol. The molecule has 27 heavy (non-hydrogen) atoms. The minimum absolute atomic E-state index is 0.548. The van der Waals surface area contributed by atoms with E-state index < -0.39 is 0 Å². The molecular weight excluding hydrogens is 360 g/mol. The average molecular weight is 381 g/mol. The highest BCUT2D eigenvalue weighted by atomic mass is 35.5. The molecule has 0 radical (unpaired) electrons. The summed E-state index contributed by atoms with van der Waals surface area (Å²) in [6, 6.07) is 12.7.